The van der Waals surface area contributed by atoms with E-state index >= 15 is 0 Å². The van der Waals surface area contributed by atoms with Gasteiger partial charge in [-0.3, -0.25) is 4.79 Å². The summed E-state index contributed by atoms with van der Waals surface area (Å²) in [6.07, 6.45) is 1.44. The summed E-state index contributed by atoms with van der Waals surface area (Å²) in [5, 5.41) is 4.18. The molecule has 0 bridgehead atoms. The first-order chi connectivity index (χ1) is 8.50. The van der Waals surface area contributed by atoms with E-state index in [9.17, 15) is 4.79 Å². The van der Waals surface area contributed by atoms with Gasteiger partial charge >= 0.3 is 0 Å². The fourth-order valence-electron chi connectivity index (χ4n) is 1.75. The molecule has 0 aliphatic rings. The zero-order valence-corrected chi connectivity index (χ0v) is 11.0. The van der Waals surface area contributed by atoms with Gasteiger partial charge in [0.2, 0.25) is 0 Å². The highest BCUT2D eigenvalue weighted by molar-refractivity contribution is 6.29. The number of rotatable bonds is 2. The van der Waals surface area contributed by atoms with E-state index in [0.717, 1.165) is 0 Å². The van der Waals surface area contributed by atoms with Crippen LogP contribution in [0.15, 0.2) is 22.9 Å². The minimum absolute atomic E-state index is 0.187. The highest BCUT2D eigenvalue weighted by Gasteiger charge is 2.20. The maximum atomic E-state index is 12.2. The Bertz CT molecular complexity index is 558. The first kappa shape index (κ1) is 12.6. The van der Waals surface area contributed by atoms with Crippen LogP contribution in [0.5, 0.6) is 0 Å². The lowest BCUT2D eigenvalue weighted by Gasteiger charge is -2.16. The Balaban J connectivity index is 2.32. The summed E-state index contributed by atoms with van der Waals surface area (Å²) in [5.74, 6) is 0.416. The summed E-state index contributed by atoms with van der Waals surface area (Å²) in [7, 11) is 1.67. The summed E-state index contributed by atoms with van der Waals surface area (Å²) in [6, 6.07) is 3.21. The zero-order valence-electron chi connectivity index (χ0n) is 10.3. The molecule has 1 amide bonds. The first-order valence-corrected chi connectivity index (χ1v) is 5.71. The van der Waals surface area contributed by atoms with Gasteiger partial charge < -0.3 is 9.42 Å². The van der Waals surface area contributed by atoms with Gasteiger partial charge in [-0.05, 0) is 26.0 Å². The van der Waals surface area contributed by atoms with E-state index in [1.54, 1.807) is 33.0 Å². The number of aryl methyl sites for hydroxylation is 2. The normalized spacial score (nSPS) is 10.4. The van der Waals surface area contributed by atoms with Crippen LogP contribution in [0.25, 0.3) is 0 Å². The number of pyridine rings is 1. The van der Waals surface area contributed by atoms with Crippen LogP contribution in [0.1, 0.15) is 21.8 Å². The smallest absolute Gasteiger partial charge is 0.259 e. The van der Waals surface area contributed by atoms with Gasteiger partial charge in [-0.15, -0.1) is 0 Å². The lowest BCUT2D eigenvalue weighted by Crippen LogP contribution is -2.27. The Labute approximate surface area is 109 Å². The molecule has 0 spiro atoms. The molecule has 2 heterocycles. The van der Waals surface area contributed by atoms with Crippen molar-refractivity contribution in [2.75, 3.05) is 11.9 Å². The lowest BCUT2D eigenvalue weighted by atomic mass is 10.2. The Morgan fingerprint density at radius 1 is 1.39 bits per heavy atom. The van der Waals surface area contributed by atoms with Gasteiger partial charge in [0.25, 0.3) is 5.91 Å². The van der Waals surface area contributed by atoms with Gasteiger partial charge in [0.05, 0.1) is 5.56 Å². The van der Waals surface area contributed by atoms with Crippen molar-refractivity contribution in [1.29, 1.82) is 0 Å². The Morgan fingerprint density at radius 3 is 2.61 bits per heavy atom. The minimum atomic E-state index is -0.187. The third-order valence-corrected chi connectivity index (χ3v) is 2.83. The average molecular weight is 266 g/mol. The number of nitrogens with zero attached hydrogens (tertiary/aromatic N) is 3. The van der Waals surface area contributed by atoms with Gasteiger partial charge in [-0.1, -0.05) is 16.8 Å². The molecule has 94 valence electrons. The summed E-state index contributed by atoms with van der Waals surface area (Å²) in [4.78, 5) is 17.6. The topological polar surface area (TPSA) is 59.2 Å². The maximum absolute atomic E-state index is 12.2. The molecule has 2 aromatic rings. The first-order valence-electron chi connectivity index (χ1n) is 5.33. The predicted octanol–water partition coefficient (Wildman–Crippen LogP) is 2.62. The van der Waals surface area contributed by atoms with Crippen LogP contribution in [0.3, 0.4) is 0 Å². The van der Waals surface area contributed by atoms with E-state index in [1.807, 2.05) is 0 Å². The van der Waals surface area contributed by atoms with Crippen molar-refractivity contribution in [3.63, 3.8) is 0 Å². The average Bonchev–Trinajstić information content (AvgIpc) is 2.68. The van der Waals surface area contributed by atoms with Crippen LogP contribution >= 0.6 is 11.6 Å². The Hall–Kier alpha value is -1.88. The van der Waals surface area contributed by atoms with E-state index in [4.69, 9.17) is 16.1 Å². The molecule has 0 saturated carbocycles. The monoisotopic (exact) mass is 265 g/mol. The van der Waals surface area contributed by atoms with Gasteiger partial charge in [-0.2, -0.15) is 0 Å². The van der Waals surface area contributed by atoms with E-state index in [0.29, 0.717) is 27.9 Å². The molecule has 0 aliphatic heterocycles. The molecule has 0 N–H and O–H groups in total. The van der Waals surface area contributed by atoms with Crippen LogP contribution in [-0.4, -0.2) is 23.1 Å². The number of hydrogen-bond acceptors (Lipinski definition) is 4. The van der Waals surface area contributed by atoms with Crippen molar-refractivity contribution in [2.24, 2.45) is 0 Å². The summed E-state index contributed by atoms with van der Waals surface area (Å²) in [6.45, 7) is 3.55. The van der Waals surface area contributed by atoms with Crippen molar-refractivity contribution in [1.82, 2.24) is 10.1 Å². The van der Waals surface area contributed by atoms with Crippen molar-refractivity contribution in [2.45, 2.75) is 13.8 Å². The number of halogens is 1. The van der Waals surface area contributed by atoms with Gasteiger partial charge in [-0.25, -0.2) is 4.98 Å². The van der Waals surface area contributed by atoms with Crippen molar-refractivity contribution >= 4 is 23.2 Å². The molecule has 0 atom stereocenters. The molecule has 0 radical (unpaired) electrons. The van der Waals surface area contributed by atoms with Crippen LogP contribution in [-0.2, 0) is 0 Å². The molecule has 6 heteroatoms. The predicted molar refractivity (Wildman–Crippen MR) is 68.0 cm³/mol. The molecule has 0 fully saturated rings. The van der Waals surface area contributed by atoms with Crippen LogP contribution in [0.2, 0.25) is 5.15 Å². The summed E-state index contributed by atoms with van der Waals surface area (Å²) in [5.41, 5.74) is 1.81. The van der Waals surface area contributed by atoms with E-state index in [-0.39, 0.29) is 5.91 Å². The number of amides is 1. The van der Waals surface area contributed by atoms with Gasteiger partial charge in [0.15, 0.2) is 5.76 Å². The second-order valence-corrected chi connectivity index (χ2v) is 4.29. The molecule has 0 aromatic carbocycles. The number of carbonyl (C=O) groups is 1. The van der Waals surface area contributed by atoms with Crippen LogP contribution in [0.4, 0.5) is 5.69 Å². The second kappa shape index (κ2) is 4.78. The number of aromatic nitrogens is 2. The quantitative estimate of drug-likeness (QED) is 0.783. The maximum Gasteiger partial charge on any atom is 0.259 e. The molecular formula is C12H12ClN3O2. The highest BCUT2D eigenvalue weighted by Crippen LogP contribution is 2.24. The van der Waals surface area contributed by atoms with E-state index < -0.39 is 0 Å². The third kappa shape index (κ3) is 2.22. The molecule has 0 unspecified atom stereocenters. The zero-order chi connectivity index (χ0) is 13.3. The standard InChI is InChI=1S/C12H12ClN3O2/c1-7-11(8(2)18-15-7)16(3)12(17)9-4-5-10(13)14-6-9/h4-6H,1-3H3. The van der Waals surface area contributed by atoms with E-state index in [1.165, 1.54) is 11.1 Å². The van der Waals surface area contributed by atoms with Gasteiger partial charge in [0.1, 0.15) is 16.5 Å². The number of carbonyl (C=O) groups excluding carboxylic acids is 1. The van der Waals surface area contributed by atoms with Crippen molar-refractivity contribution in [3.05, 3.63) is 40.5 Å². The van der Waals surface area contributed by atoms with Gasteiger partial charge in [0, 0.05) is 13.2 Å². The molecule has 0 aliphatic carbocycles. The lowest BCUT2D eigenvalue weighted by molar-refractivity contribution is 0.0992. The second-order valence-electron chi connectivity index (χ2n) is 3.91. The van der Waals surface area contributed by atoms with E-state index in [2.05, 4.69) is 10.1 Å². The number of hydrogen-bond donors (Lipinski definition) is 0. The molecule has 0 saturated heterocycles. The highest BCUT2D eigenvalue weighted by atomic mass is 35.5. The Kier molecular flexibility index (Phi) is 3.34. The third-order valence-electron chi connectivity index (χ3n) is 2.61. The molecule has 2 aromatic heterocycles. The SMILES string of the molecule is Cc1noc(C)c1N(C)C(=O)c1ccc(Cl)nc1. The molecular weight excluding hydrogens is 254 g/mol. The molecule has 18 heavy (non-hydrogen) atoms. The van der Waals surface area contributed by atoms with Crippen molar-refractivity contribution < 1.29 is 9.32 Å². The van der Waals surface area contributed by atoms with Crippen LogP contribution < -0.4 is 4.90 Å². The molecule has 5 nitrogen and oxygen atoms in total. The molecule has 2 rings (SSSR count). The summed E-state index contributed by atoms with van der Waals surface area (Å²) < 4.78 is 5.04. The fraction of sp³-hybridized carbons (Fsp3) is 0.250. The largest absolute Gasteiger partial charge is 0.359 e. The van der Waals surface area contributed by atoms with Crippen molar-refractivity contribution in [3.8, 4) is 0 Å². The number of anilines is 1. The summed E-state index contributed by atoms with van der Waals surface area (Å²) >= 11 is 5.68. The minimum Gasteiger partial charge on any atom is -0.359 e. The fourth-order valence-corrected chi connectivity index (χ4v) is 1.87. The van der Waals surface area contributed by atoms with Crippen LogP contribution in [0, 0.1) is 13.8 Å². The Morgan fingerprint density at radius 2 is 2.11 bits per heavy atom.